The predicted molar refractivity (Wildman–Crippen MR) is 96.7 cm³/mol. The number of benzene rings is 2. The van der Waals surface area contributed by atoms with Crippen LogP contribution in [0.4, 0.5) is 10.1 Å². The van der Waals surface area contributed by atoms with Crippen LogP contribution < -0.4 is 10.1 Å². The van der Waals surface area contributed by atoms with Gasteiger partial charge in [0.1, 0.15) is 23.9 Å². The summed E-state index contributed by atoms with van der Waals surface area (Å²) in [6, 6.07) is 12.8. The van der Waals surface area contributed by atoms with Crippen LogP contribution in [0.5, 0.6) is 5.75 Å². The molecule has 26 heavy (non-hydrogen) atoms. The molecule has 2 aromatic carbocycles. The van der Waals surface area contributed by atoms with Gasteiger partial charge in [-0.25, -0.2) is 9.37 Å². The Morgan fingerprint density at radius 3 is 2.73 bits per heavy atom. The van der Waals surface area contributed by atoms with Crippen molar-refractivity contribution in [1.29, 1.82) is 0 Å². The molecule has 5 nitrogen and oxygen atoms in total. The van der Waals surface area contributed by atoms with E-state index in [1.807, 2.05) is 6.07 Å². The molecule has 0 saturated heterocycles. The number of hydrogen-bond acceptors (Lipinski definition) is 4. The highest BCUT2D eigenvalue weighted by atomic mass is 19.1. The third kappa shape index (κ3) is 3.80. The molecule has 6 heteroatoms. The first-order valence-electron chi connectivity index (χ1n) is 7.96. The molecule has 1 N–H and O–H groups in total. The number of rotatable bonds is 6. The second-order valence-corrected chi connectivity index (χ2v) is 5.48. The van der Waals surface area contributed by atoms with E-state index in [1.165, 1.54) is 12.1 Å². The molecule has 0 spiro atoms. The fourth-order valence-corrected chi connectivity index (χ4v) is 2.35. The van der Waals surface area contributed by atoms with E-state index in [4.69, 9.17) is 9.15 Å². The molecule has 0 unspecified atom stereocenters. The van der Waals surface area contributed by atoms with Gasteiger partial charge in [0.05, 0.1) is 5.69 Å². The fourth-order valence-electron chi connectivity index (χ4n) is 2.35. The Labute approximate surface area is 150 Å². The highest BCUT2D eigenvalue weighted by molar-refractivity contribution is 6.04. The lowest BCUT2D eigenvalue weighted by Gasteiger charge is -2.10. The minimum absolute atomic E-state index is 0.155. The number of carbonyl (C=O) groups excluding carboxylic acids is 1. The number of hydrogen-bond donors (Lipinski definition) is 1. The van der Waals surface area contributed by atoms with Crippen LogP contribution in [0.15, 0.2) is 65.6 Å². The third-order valence-corrected chi connectivity index (χ3v) is 3.59. The van der Waals surface area contributed by atoms with Crippen LogP contribution in [-0.2, 0) is 0 Å². The molecule has 132 valence electrons. The van der Waals surface area contributed by atoms with Crippen molar-refractivity contribution in [2.45, 2.75) is 6.92 Å². The summed E-state index contributed by atoms with van der Waals surface area (Å²) in [5.41, 5.74) is 1.26. The Hall–Kier alpha value is -3.41. The van der Waals surface area contributed by atoms with Crippen molar-refractivity contribution in [2.75, 3.05) is 11.9 Å². The summed E-state index contributed by atoms with van der Waals surface area (Å²) in [4.78, 5) is 16.8. The smallest absolute Gasteiger partial charge is 0.278 e. The first kappa shape index (κ1) is 17.4. The molecule has 0 aliphatic carbocycles. The zero-order valence-electron chi connectivity index (χ0n) is 14.2. The van der Waals surface area contributed by atoms with Crippen molar-refractivity contribution >= 4 is 11.6 Å². The van der Waals surface area contributed by atoms with E-state index in [-0.39, 0.29) is 17.4 Å². The molecular weight excluding hydrogens is 335 g/mol. The van der Waals surface area contributed by atoms with Crippen molar-refractivity contribution in [2.24, 2.45) is 0 Å². The van der Waals surface area contributed by atoms with Crippen molar-refractivity contribution < 1.29 is 18.3 Å². The summed E-state index contributed by atoms with van der Waals surface area (Å²) in [5.74, 6) is 0.371. The SMILES string of the molecule is C=CCOc1ccccc1NC(=O)c1nc(-c2ccc(F)cc2)oc1C. The fraction of sp³-hybridized carbons (Fsp3) is 0.100. The largest absolute Gasteiger partial charge is 0.487 e. The highest BCUT2D eigenvalue weighted by Gasteiger charge is 2.19. The molecule has 0 fully saturated rings. The number of nitrogens with one attached hydrogen (secondary N) is 1. The first-order valence-corrected chi connectivity index (χ1v) is 7.96. The van der Waals surface area contributed by atoms with Crippen LogP contribution in [0, 0.1) is 12.7 Å². The van der Waals surface area contributed by atoms with Crippen LogP contribution >= 0.6 is 0 Å². The summed E-state index contributed by atoms with van der Waals surface area (Å²) in [7, 11) is 0. The minimum Gasteiger partial charge on any atom is -0.487 e. The lowest BCUT2D eigenvalue weighted by molar-refractivity contribution is 0.102. The molecule has 1 aromatic heterocycles. The van der Waals surface area contributed by atoms with Gasteiger partial charge < -0.3 is 14.5 Å². The van der Waals surface area contributed by atoms with Gasteiger partial charge in [0.2, 0.25) is 5.89 Å². The van der Waals surface area contributed by atoms with Crippen LogP contribution in [0.2, 0.25) is 0 Å². The second-order valence-electron chi connectivity index (χ2n) is 5.48. The lowest BCUT2D eigenvalue weighted by Crippen LogP contribution is -2.14. The molecule has 3 rings (SSSR count). The van der Waals surface area contributed by atoms with Gasteiger partial charge in [-0.1, -0.05) is 24.8 Å². The van der Waals surface area contributed by atoms with E-state index >= 15 is 0 Å². The Morgan fingerprint density at radius 1 is 1.27 bits per heavy atom. The molecule has 1 heterocycles. The zero-order valence-corrected chi connectivity index (χ0v) is 14.2. The second kappa shape index (κ2) is 7.65. The van der Waals surface area contributed by atoms with E-state index in [0.29, 0.717) is 29.4 Å². The maximum atomic E-state index is 13.1. The normalized spacial score (nSPS) is 10.4. The summed E-state index contributed by atoms with van der Waals surface area (Å²) in [6.07, 6.45) is 1.62. The van der Waals surface area contributed by atoms with E-state index in [2.05, 4.69) is 16.9 Å². The Morgan fingerprint density at radius 2 is 2.00 bits per heavy atom. The number of ether oxygens (including phenoxy) is 1. The van der Waals surface area contributed by atoms with Gasteiger partial charge in [-0.3, -0.25) is 4.79 Å². The number of nitrogens with zero attached hydrogens (tertiary/aromatic N) is 1. The summed E-state index contributed by atoms with van der Waals surface area (Å²) in [6.45, 7) is 5.58. The molecule has 0 bridgehead atoms. The van der Waals surface area contributed by atoms with E-state index in [9.17, 15) is 9.18 Å². The molecule has 1 amide bonds. The van der Waals surface area contributed by atoms with Crippen molar-refractivity contribution in [3.8, 4) is 17.2 Å². The summed E-state index contributed by atoms with van der Waals surface area (Å²) in [5, 5.41) is 2.77. The lowest BCUT2D eigenvalue weighted by atomic mass is 10.2. The maximum Gasteiger partial charge on any atom is 0.278 e. The molecule has 0 radical (unpaired) electrons. The van der Waals surface area contributed by atoms with Gasteiger partial charge in [-0.15, -0.1) is 0 Å². The molecule has 0 aliphatic heterocycles. The van der Waals surface area contributed by atoms with E-state index in [1.54, 1.807) is 43.3 Å². The van der Waals surface area contributed by atoms with E-state index < -0.39 is 5.91 Å². The van der Waals surface area contributed by atoms with Gasteiger partial charge in [-0.05, 0) is 43.3 Å². The predicted octanol–water partition coefficient (Wildman–Crippen LogP) is 4.61. The van der Waals surface area contributed by atoms with Gasteiger partial charge >= 0.3 is 0 Å². The number of para-hydroxylation sites is 2. The van der Waals surface area contributed by atoms with Crippen molar-refractivity contribution in [1.82, 2.24) is 4.98 Å². The van der Waals surface area contributed by atoms with Gasteiger partial charge in [0.15, 0.2) is 5.69 Å². The highest BCUT2D eigenvalue weighted by Crippen LogP contribution is 2.26. The maximum absolute atomic E-state index is 13.1. The van der Waals surface area contributed by atoms with Crippen LogP contribution in [0.25, 0.3) is 11.5 Å². The monoisotopic (exact) mass is 352 g/mol. The molecule has 0 atom stereocenters. The number of aryl methyl sites for hydroxylation is 1. The number of aromatic nitrogens is 1. The van der Waals surface area contributed by atoms with Crippen LogP contribution in [-0.4, -0.2) is 17.5 Å². The minimum atomic E-state index is -0.422. The number of oxazole rings is 1. The number of carbonyl (C=O) groups is 1. The number of halogens is 1. The molecule has 0 saturated carbocycles. The summed E-state index contributed by atoms with van der Waals surface area (Å²) < 4.78 is 24.1. The number of anilines is 1. The topological polar surface area (TPSA) is 64.4 Å². The van der Waals surface area contributed by atoms with Gasteiger partial charge in [0.25, 0.3) is 5.91 Å². The van der Waals surface area contributed by atoms with Crippen molar-refractivity contribution in [3.63, 3.8) is 0 Å². The Kier molecular flexibility index (Phi) is 5.12. The third-order valence-electron chi connectivity index (χ3n) is 3.59. The van der Waals surface area contributed by atoms with E-state index in [0.717, 1.165) is 0 Å². The zero-order chi connectivity index (χ0) is 18.5. The quantitative estimate of drug-likeness (QED) is 0.658. The van der Waals surface area contributed by atoms with Crippen LogP contribution in [0.1, 0.15) is 16.2 Å². The van der Waals surface area contributed by atoms with Gasteiger partial charge in [-0.2, -0.15) is 0 Å². The Bertz CT molecular complexity index is 932. The van der Waals surface area contributed by atoms with Gasteiger partial charge in [0, 0.05) is 5.56 Å². The standard InChI is InChI=1S/C20H17FN2O3/c1-3-12-25-17-7-5-4-6-16(17)22-19(24)18-13(2)26-20(23-18)14-8-10-15(21)11-9-14/h3-11H,1,12H2,2H3,(H,22,24). The molecule has 0 aliphatic rings. The van der Waals surface area contributed by atoms with Crippen LogP contribution in [0.3, 0.4) is 0 Å². The Balaban J connectivity index is 1.83. The number of amides is 1. The van der Waals surface area contributed by atoms with Crippen molar-refractivity contribution in [3.05, 3.63) is 78.5 Å². The first-order chi connectivity index (χ1) is 12.6. The average molecular weight is 352 g/mol. The molecular formula is C20H17FN2O3. The molecule has 3 aromatic rings. The summed E-state index contributed by atoms with van der Waals surface area (Å²) >= 11 is 0. The average Bonchev–Trinajstić information content (AvgIpc) is 3.03.